The first-order valence-electron chi connectivity index (χ1n) is 10.0. The molecule has 2 heterocycles. The lowest BCUT2D eigenvalue weighted by atomic mass is 10.1. The molecular formula is C24H23NO5. The number of benzene rings is 2. The van der Waals surface area contributed by atoms with Crippen molar-refractivity contribution in [1.29, 1.82) is 0 Å². The minimum absolute atomic E-state index is 0.177. The predicted octanol–water partition coefficient (Wildman–Crippen LogP) is 4.61. The Morgan fingerprint density at radius 3 is 2.77 bits per heavy atom. The van der Waals surface area contributed by atoms with Gasteiger partial charge in [-0.3, -0.25) is 4.79 Å². The minimum atomic E-state index is -0.754. The van der Waals surface area contributed by atoms with Gasteiger partial charge >= 0.3 is 5.97 Å². The Morgan fingerprint density at radius 1 is 1.20 bits per heavy atom. The Labute approximate surface area is 174 Å². The highest BCUT2D eigenvalue weighted by Gasteiger charge is 2.28. The molecule has 6 heteroatoms. The highest BCUT2D eigenvalue weighted by Crippen LogP contribution is 2.36. The molecular weight excluding hydrogens is 382 g/mol. The zero-order valence-electron chi connectivity index (χ0n) is 17.2. The SMILES string of the molecule is CCOC(=O)C(C)Oc1ccc2c(c1)O/C(=C\c1cn(CC)c3ccccc13)C2=O. The maximum Gasteiger partial charge on any atom is 0.347 e. The minimum Gasteiger partial charge on any atom is -0.479 e. The lowest BCUT2D eigenvalue weighted by molar-refractivity contribution is -0.150. The average molecular weight is 405 g/mol. The molecule has 0 saturated heterocycles. The molecule has 0 spiro atoms. The fourth-order valence-corrected chi connectivity index (χ4v) is 3.55. The number of rotatable bonds is 6. The standard InChI is InChI=1S/C24H23NO5/c1-4-25-14-16(18-8-6-7-9-20(18)25)12-22-23(26)19-11-10-17(13-21(19)30-22)29-15(3)24(27)28-5-2/h6-15H,4-5H2,1-3H3/b22-12-. The quantitative estimate of drug-likeness (QED) is 0.443. The molecule has 2 aromatic carbocycles. The number of hydrogen-bond acceptors (Lipinski definition) is 5. The van der Waals surface area contributed by atoms with Crippen molar-refractivity contribution in [1.82, 2.24) is 4.57 Å². The third kappa shape index (κ3) is 3.56. The molecule has 0 N–H and O–H groups in total. The summed E-state index contributed by atoms with van der Waals surface area (Å²) in [4.78, 5) is 24.6. The van der Waals surface area contributed by atoms with Gasteiger partial charge in [-0.05, 0) is 45.0 Å². The number of carbonyl (C=O) groups is 2. The molecule has 6 nitrogen and oxygen atoms in total. The second-order valence-corrected chi connectivity index (χ2v) is 7.00. The number of nitrogens with zero attached hydrogens (tertiary/aromatic N) is 1. The van der Waals surface area contributed by atoms with Crippen molar-refractivity contribution in [2.75, 3.05) is 6.61 Å². The molecule has 4 rings (SSSR count). The summed E-state index contributed by atoms with van der Waals surface area (Å²) in [5.41, 5.74) is 2.51. The Bertz CT molecular complexity index is 1160. The first-order valence-corrected chi connectivity index (χ1v) is 10.0. The average Bonchev–Trinajstić information content (AvgIpc) is 3.26. The number of aryl methyl sites for hydroxylation is 1. The Morgan fingerprint density at radius 2 is 2.00 bits per heavy atom. The first kappa shape index (κ1) is 19.8. The van der Waals surface area contributed by atoms with Gasteiger partial charge in [0.05, 0.1) is 12.2 Å². The molecule has 1 aromatic heterocycles. The molecule has 30 heavy (non-hydrogen) atoms. The number of para-hydroxylation sites is 1. The van der Waals surface area contributed by atoms with Crippen LogP contribution in [0.5, 0.6) is 11.5 Å². The van der Waals surface area contributed by atoms with Gasteiger partial charge in [-0.2, -0.15) is 0 Å². The molecule has 0 radical (unpaired) electrons. The van der Waals surface area contributed by atoms with Gasteiger partial charge in [-0.25, -0.2) is 4.79 Å². The topological polar surface area (TPSA) is 66.8 Å². The van der Waals surface area contributed by atoms with Gasteiger partial charge in [-0.1, -0.05) is 18.2 Å². The van der Waals surface area contributed by atoms with E-state index in [9.17, 15) is 9.59 Å². The number of esters is 1. The fraction of sp³-hybridized carbons (Fsp3) is 0.250. The monoisotopic (exact) mass is 405 g/mol. The van der Waals surface area contributed by atoms with Crippen LogP contribution >= 0.6 is 0 Å². The van der Waals surface area contributed by atoms with Crippen molar-refractivity contribution in [2.45, 2.75) is 33.4 Å². The van der Waals surface area contributed by atoms with Crippen LogP contribution in [0.4, 0.5) is 0 Å². The van der Waals surface area contributed by atoms with E-state index < -0.39 is 12.1 Å². The van der Waals surface area contributed by atoms with Crippen LogP contribution in [0.15, 0.2) is 54.4 Å². The second kappa shape index (κ2) is 8.06. The van der Waals surface area contributed by atoms with E-state index in [1.807, 2.05) is 24.4 Å². The van der Waals surface area contributed by atoms with Crippen LogP contribution in [0.25, 0.3) is 17.0 Å². The Balaban J connectivity index is 1.61. The van der Waals surface area contributed by atoms with Gasteiger partial charge < -0.3 is 18.8 Å². The Hall–Kier alpha value is -3.54. The number of aromatic nitrogens is 1. The van der Waals surface area contributed by atoms with Crippen LogP contribution in [0.3, 0.4) is 0 Å². The van der Waals surface area contributed by atoms with E-state index in [-0.39, 0.29) is 18.1 Å². The normalized spacial score (nSPS) is 15.2. The van der Waals surface area contributed by atoms with Crippen molar-refractivity contribution in [3.63, 3.8) is 0 Å². The molecule has 1 aliphatic rings. The number of carbonyl (C=O) groups excluding carboxylic acids is 2. The van der Waals surface area contributed by atoms with Crippen LogP contribution in [-0.4, -0.2) is 29.0 Å². The smallest absolute Gasteiger partial charge is 0.347 e. The zero-order chi connectivity index (χ0) is 21.3. The van der Waals surface area contributed by atoms with E-state index in [2.05, 4.69) is 17.6 Å². The summed E-state index contributed by atoms with van der Waals surface area (Å²) in [6.07, 6.45) is 3.04. The molecule has 0 bridgehead atoms. The van der Waals surface area contributed by atoms with Gasteiger partial charge in [0.15, 0.2) is 11.9 Å². The molecule has 0 amide bonds. The molecule has 1 atom stereocenters. The number of allylic oxidation sites excluding steroid dienone is 1. The zero-order valence-corrected chi connectivity index (χ0v) is 17.2. The van der Waals surface area contributed by atoms with E-state index in [0.29, 0.717) is 17.1 Å². The van der Waals surface area contributed by atoms with Crippen LogP contribution in [0, 0.1) is 0 Å². The molecule has 154 valence electrons. The number of hydrogen-bond donors (Lipinski definition) is 0. The summed E-state index contributed by atoms with van der Waals surface area (Å²) in [5.74, 6) is 0.496. The highest BCUT2D eigenvalue weighted by molar-refractivity contribution is 6.15. The van der Waals surface area contributed by atoms with Crippen molar-refractivity contribution < 1.29 is 23.8 Å². The van der Waals surface area contributed by atoms with Crippen LogP contribution < -0.4 is 9.47 Å². The van der Waals surface area contributed by atoms with E-state index in [0.717, 1.165) is 23.0 Å². The van der Waals surface area contributed by atoms with Gasteiger partial charge in [0.25, 0.3) is 0 Å². The second-order valence-electron chi connectivity index (χ2n) is 7.00. The largest absolute Gasteiger partial charge is 0.479 e. The summed E-state index contributed by atoms with van der Waals surface area (Å²) in [6.45, 7) is 6.56. The van der Waals surface area contributed by atoms with Gasteiger partial charge in [-0.15, -0.1) is 0 Å². The van der Waals surface area contributed by atoms with Crippen LogP contribution in [0.1, 0.15) is 36.7 Å². The lowest BCUT2D eigenvalue weighted by Crippen LogP contribution is -2.26. The molecule has 3 aromatic rings. The summed E-state index contributed by atoms with van der Waals surface area (Å²) < 4.78 is 18.6. The lowest BCUT2D eigenvalue weighted by Gasteiger charge is -2.13. The van der Waals surface area contributed by atoms with E-state index >= 15 is 0 Å². The van der Waals surface area contributed by atoms with Gasteiger partial charge in [0, 0.05) is 35.3 Å². The van der Waals surface area contributed by atoms with E-state index in [4.69, 9.17) is 14.2 Å². The van der Waals surface area contributed by atoms with Crippen LogP contribution in [-0.2, 0) is 16.1 Å². The first-order chi connectivity index (χ1) is 14.5. The molecule has 0 aliphatic carbocycles. The maximum absolute atomic E-state index is 12.8. The van der Waals surface area contributed by atoms with Crippen molar-refractivity contribution in [3.05, 3.63) is 65.5 Å². The number of ether oxygens (including phenoxy) is 3. The summed E-state index contributed by atoms with van der Waals surface area (Å²) >= 11 is 0. The number of fused-ring (bicyclic) bond motifs is 2. The molecule has 1 unspecified atom stereocenters. The van der Waals surface area contributed by atoms with Crippen molar-refractivity contribution in [3.8, 4) is 11.5 Å². The number of Topliss-reactive ketones (excluding diaryl/α,β-unsaturated/α-hetero) is 1. The van der Waals surface area contributed by atoms with Crippen LogP contribution in [0.2, 0.25) is 0 Å². The predicted molar refractivity (Wildman–Crippen MR) is 114 cm³/mol. The third-order valence-electron chi connectivity index (χ3n) is 5.02. The summed E-state index contributed by atoms with van der Waals surface area (Å²) in [7, 11) is 0. The third-order valence-corrected chi connectivity index (χ3v) is 5.02. The van der Waals surface area contributed by atoms with Crippen molar-refractivity contribution in [2.24, 2.45) is 0 Å². The molecule has 0 fully saturated rings. The maximum atomic E-state index is 12.8. The fourth-order valence-electron chi connectivity index (χ4n) is 3.55. The Kier molecular flexibility index (Phi) is 5.31. The molecule has 1 aliphatic heterocycles. The van der Waals surface area contributed by atoms with Gasteiger partial charge in [0.1, 0.15) is 11.5 Å². The van der Waals surface area contributed by atoms with Crippen molar-refractivity contribution >= 4 is 28.7 Å². The molecule has 0 saturated carbocycles. The summed E-state index contributed by atoms with van der Waals surface area (Å²) in [5, 5.41) is 1.06. The van der Waals surface area contributed by atoms with E-state index in [1.165, 1.54) is 0 Å². The van der Waals surface area contributed by atoms with Gasteiger partial charge in [0.2, 0.25) is 5.78 Å². The van der Waals surface area contributed by atoms with E-state index in [1.54, 1.807) is 38.1 Å². The summed E-state index contributed by atoms with van der Waals surface area (Å²) in [6, 6.07) is 13.0. The highest BCUT2D eigenvalue weighted by atomic mass is 16.6. The number of ketones is 1.